The van der Waals surface area contributed by atoms with Crippen LogP contribution in [0.25, 0.3) is 11.1 Å². The van der Waals surface area contributed by atoms with Crippen LogP contribution in [0.4, 0.5) is 11.4 Å². The second kappa shape index (κ2) is 7.32. The third-order valence-electron chi connectivity index (χ3n) is 4.11. The van der Waals surface area contributed by atoms with E-state index in [9.17, 15) is 19.7 Å². The predicted octanol–water partition coefficient (Wildman–Crippen LogP) is 1.89. The van der Waals surface area contributed by atoms with Crippen LogP contribution in [0.5, 0.6) is 0 Å². The molecule has 3 rings (SSSR count). The number of nitro benzene ring substituents is 1. The van der Waals surface area contributed by atoms with Crippen molar-refractivity contribution >= 4 is 28.4 Å². The van der Waals surface area contributed by atoms with E-state index in [0.29, 0.717) is 12.1 Å². The Morgan fingerprint density at radius 1 is 1.22 bits per heavy atom. The zero-order chi connectivity index (χ0) is 19.6. The van der Waals surface area contributed by atoms with Gasteiger partial charge in [0.05, 0.1) is 16.5 Å². The van der Waals surface area contributed by atoms with Crippen molar-refractivity contribution in [2.24, 2.45) is 0 Å². The van der Waals surface area contributed by atoms with Crippen LogP contribution in [0.15, 0.2) is 51.7 Å². The number of fused-ring (bicyclic) bond motifs is 1. The second-order valence-corrected chi connectivity index (χ2v) is 6.20. The standard InChI is InChI=1S/C18H18N4O5/c1-20(2)13-5-3-12(4-6-13)10-19-17(23)11-21-15-8-7-14(22(25)26)9-16(15)27-18(21)24/h3-9H,10-11H2,1-2H3,(H,19,23). The lowest BCUT2D eigenvalue weighted by molar-refractivity contribution is -0.384. The van der Waals surface area contributed by atoms with E-state index >= 15 is 0 Å². The molecule has 0 fully saturated rings. The van der Waals surface area contributed by atoms with Crippen molar-refractivity contribution in [1.82, 2.24) is 9.88 Å². The van der Waals surface area contributed by atoms with Crippen LogP contribution in [0.3, 0.4) is 0 Å². The quantitative estimate of drug-likeness (QED) is 0.524. The number of hydrogen-bond acceptors (Lipinski definition) is 6. The highest BCUT2D eigenvalue weighted by Crippen LogP contribution is 2.20. The lowest BCUT2D eigenvalue weighted by Gasteiger charge is -2.13. The van der Waals surface area contributed by atoms with Crippen LogP contribution in [0, 0.1) is 10.1 Å². The Balaban J connectivity index is 1.69. The number of carbonyl (C=O) groups excluding carboxylic acids is 1. The first-order valence-corrected chi connectivity index (χ1v) is 8.16. The van der Waals surface area contributed by atoms with E-state index < -0.39 is 10.7 Å². The monoisotopic (exact) mass is 370 g/mol. The van der Waals surface area contributed by atoms with Gasteiger partial charge in [0.2, 0.25) is 5.91 Å². The summed E-state index contributed by atoms with van der Waals surface area (Å²) in [5.74, 6) is -1.11. The molecule has 140 valence electrons. The van der Waals surface area contributed by atoms with Gasteiger partial charge in [-0.15, -0.1) is 0 Å². The maximum Gasteiger partial charge on any atom is 0.420 e. The molecular formula is C18H18N4O5. The number of anilines is 1. The van der Waals surface area contributed by atoms with Crippen molar-refractivity contribution in [3.8, 4) is 0 Å². The molecule has 1 aromatic heterocycles. The smallest absolute Gasteiger partial charge is 0.407 e. The van der Waals surface area contributed by atoms with E-state index in [2.05, 4.69) is 5.32 Å². The van der Waals surface area contributed by atoms with Gasteiger partial charge in [-0.2, -0.15) is 0 Å². The summed E-state index contributed by atoms with van der Waals surface area (Å²) in [5, 5.41) is 13.5. The Morgan fingerprint density at radius 3 is 2.56 bits per heavy atom. The average Bonchev–Trinajstić information content (AvgIpc) is 2.95. The van der Waals surface area contributed by atoms with Gasteiger partial charge in [0.25, 0.3) is 5.69 Å². The molecule has 9 heteroatoms. The van der Waals surface area contributed by atoms with E-state index in [1.807, 2.05) is 43.3 Å². The molecule has 0 aliphatic rings. The molecule has 0 spiro atoms. The normalized spacial score (nSPS) is 10.7. The Labute approximate surface area is 154 Å². The molecular weight excluding hydrogens is 352 g/mol. The molecule has 0 bridgehead atoms. The zero-order valence-electron chi connectivity index (χ0n) is 14.8. The topological polar surface area (TPSA) is 111 Å². The van der Waals surface area contributed by atoms with Crippen molar-refractivity contribution < 1.29 is 14.1 Å². The predicted molar refractivity (Wildman–Crippen MR) is 99.7 cm³/mol. The molecule has 0 aliphatic carbocycles. The van der Waals surface area contributed by atoms with Gasteiger partial charge in [0, 0.05) is 32.4 Å². The van der Waals surface area contributed by atoms with Crippen LogP contribution in [0.1, 0.15) is 5.56 Å². The number of aromatic nitrogens is 1. The molecule has 0 atom stereocenters. The molecule has 9 nitrogen and oxygen atoms in total. The Morgan fingerprint density at radius 2 is 1.93 bits per heavy atom. The second-order valence-electron chi connectivity index (χ2n) is 6.20. The highest BCUT2D eigenvalue weighted by Gasteiger charge is 2.16. The molecule has 0 aliphatic heterocycles. The third kappa shape index (κ3) is 3.97. The van der Waals surface area contributed by atoms with Crippen molar-refractivity contribution in [1.29, 1.82) is 0 Å². The van der Waals surface area contributed by atoms with Gasteiger partial charge in [0.15, 0.2) is 5.58 Å². The first-order chi connectivity index (χ1) is 12.8. The van der Waals surface area contributed by atoms with E-state index in [1.165, 1.54) is 12.1 Å². The highest BCUT2D eigenvalue weighted by molar-refractivity contribution is 5.80. The maximum absolute atomic E-state index is 12.2. The number of nitrogens with one attached hydrogen (secondary N) is 1. The molecule has 27 heavy (non-hydrogen) atoms. The van der Waals surface area contributed by atoms with E-state index in [4.69, 9.17) is 4.42 Å². The largest absolute Gasteiger partial charge is 0.420 e. The third-order valence-corrected chi connectivity index (χ3v) is 4.11. The fraction of sp³-hybridized carbons (Fsp3) is 0.222. The SMILES string of the molecule is CN(C)c1ccc(CNC(=O)Cn2c(=O)oc3cc([N+](=O)[O-])ccc32)cc1. The summed E-state index contributed by atoms with van der Waals surface area (Å²) in [6.07, 6.45) is 0. The Bertz CT molecular complexity index is 1050. The van der Waals surface area contributed by atoms with E-state index in [-0.39, 0.29) is 23.7 Å². The number of hydrogen-bond donors (Lipinski definition) is 1. The first-order valence-electron chi connectivity index (χ1n) is 8.16. The van der Waals surface area contributed by atoms with Crippen LogP contribution in [0.2, 0.25) is 0 Å². The number of nitro groups is 1. The van der Waals surface area contributed by atoms with Gasteiger partial charge in [-0.1, -0.05) is 12.1 Å². The summed E-state index contributed by atoms with van der Waals surface area (Å²) in [4.78, 5) is 36.4. The van der Waals surface area contributed by atoms with Gasteiger partial charge in [-0.25, -0.2) is 4.79 Å². The molecule has 1 amide bonds. The lowest BCUT2D eigenvalue weighted by atomic mass is 10.2. The fourth-order valence-electron chi connectivity index (χ4n) is 2.63. The summed E-state index contributed by atoms with van der Waals surface area (Å²) < 4.78 is 6.15. The average molecular weight is 370 g/mol. The van der Waals surface area contributed by atoms with Gasteiger partial charge in [-0.05, 0) is 23.8 Å². The van der Waals surface area contributed by atoms with Gasteiger partial charge < -0.3 is 14.6 Å². The summed E-state index contributed by atoms with van der Waals surface area (Å²) in [5.41, 5.74) is 2.19. The summed E-state index contributed by atoms with van der Waals surface area (Å²) in [6, 6.07) is 11.5. The van der Waals surface area contributed by atoms with E-state index in [0.717, 1.165) is 21.9 Å². The zero-order valence-corrected chi connectivity index (χ0v) is 14.8. The van der Waals surface area contributed by atoms with Gasteiger partial charge in [-0.3, -0.25) is 19.5 Å². The summed E-state index contributed by atoms with van der Waals surface area (Å²) in [6.45, 7) is 0.0853. The summed E-state index contributed by atoms with van der Waals surface area (Å²) in [7, 11) is 3.89. The number of non-ortho nitro benzene ring substituents is 1. The minimum atomic E-state index is -0.740. The number of benzene rings is 2. The number of oxazole rings is 1. The molecule has 0 radical (unpaired) electrons. The Hall–Kier alpha value is -3.62. The van der Waals surface area contributed by atoms with Crippen molar-refractivity contribution in [2.45, 2.75) is 13.1 Å². The first kappa shape index (κ1) is 18.2. The van der Waals surface area contributed by atoms with E-state index in [1.54, 1.807) is 0 Å². The van der Waals surface area contributed by atoms with Gasteiger partial charge >= 0.3 is 5.76 Å². The van der Waals surface area contributed by atoms with Crippen LogP contribution < -0.4 is 16.0 Å². The van der Waals surface area contributed by atoms with Crippen LogP contribution >= 0.6 is 0 Å². The molecule has 0 unspecified atom stereocenters. The number of amides is 1. The molecule has 0 saturated carbocycles. The minimum absolute atomic E-state index is 0.0706. The lowest BCUT2D eigenvalue weighted by Crippen LogP contribution is -2.30. The van der Waals surface area contributed by atoms with Crippen molar-refractivity contribution in [3.05, 3.63) is 68.7 Å². The van der Waals surface area contributed by atoms with Gasteiger partial charge in [0.1, 0.15) is 6.54 Å². The van der Waals surface area contributed by atoms with Crippen LogP contribution in [-0.4, -0.2) is 29.5 Å². The fourth-order valence-corrected chi connectivity index (χ4v) is 2.63. The van der Waals surface area contributed by atoms with Crippen molar-refractivity contribution in [2.75, 3.05) is 19.0 Å². The van der Waals surface area contributed by atoms with Crippen LogP contribution in [-0.2, 0) is 17.9 Å². The molecule has 3 aromatic rings. The maximum atomic E-state index is 12.2. The molecule has 2 aromatic carbocycles. The molecule has 0 saturated heterocycles. The highest BCUT2D eigenvalue weighted by atomic mass is 16.6. The molecule has 1 heterocycles. The number of carbonyl (C=O) groups is 1. The Kier molecular flexibility index (Phi) is 4.93. The number of nitrogens with zero attached hydrogens (tertiary/aromatic N) is 3. The van der Waals surface area contributed by atoms with Crippen molar-refractivity contribution in [3.63, 3.8) is 0 Å². The summed E-state index contributed by atoms with van der Waals surface area (Å²) >= 11 is 0. The molecule has 1 N–H and O–H groups in total. The minimum Gasteiger partial charge on any atom is -0.407 e. The number of rotatable bonds is 6.